The van der Waals surface area contributed by atoms with Crippen LogP contribution in [0.4, 0.5) is 10.1 Å². The molecular weight excluding hydrogens is 271 g/mol. The summed E-state index contributed by atoms with van der Waals surface area (Å²) in [6, 6.07) is 4.52. The van der Waals surface area contributed by atoms with Crippen LogP contribution in [0, 0.1) is 5.82 Å². The lowest BCUT2D eigenvalue weighted by molar-refractivity contribution is 0.422. The summed E-state index contributed by atoms with van der Waals surface area (Å²) in [4.78, 5) is 0. The van der Waals surface area contributed by atoms with Crippen molar-refractivity contribution in [2.75, 3.05) is 17.6 Å². The molecule has 0 bridgehead atoms. The summed E-state index contributed by atoms with van der Waals surface area (Å²) < 4.78 is 13.3. The fourth-order valence-corrected chi connectivity index (χ4v) is 3.89. The van der Waals surface area contributed by atoms with E-state index in [2.05, 4.69) is 12.2 Å². The van der Waals surface area contributed by atoms with Gasteiger partial charge < -0.3 is 11.1 Å². The van der Waals surface area contributed by atoms with Crippen molar-refractivity contribution in [3.8, 4) is 0 Å². The summed E-state index contributed by atoms with van der Waals surface area (Å²) in [7, 11) is 0. The molecule has 1 aliphatic rings. The highest BCUT2D eigenvalue weighted by molar-refractivity contribution is 8.00. The number of nitrogens with two attached hydrogens (primary N) is 1. The molecule has 2 atom stereocenters. The van der Waals surface area contributed by atoms with E-state index >= 15 is 0 Å². The van der Waals surface area contributed by atoms with E-state index in [-0.39, 0.29) is 11.4 Å². The maximum Gasteiger partial charge on any atom is 0.126 e. The molecule has 5 heteroatoms. The lowest BCUT2D eigenvalue weighted by Crippen LogP contribution is -2.54. The Kier molecular flexibility index (Phi) is 4.41. The molecule has 1 heterocycles. The van der Waals surface area contributed by atoms with Crippen molar-refractivity contribution in [2.24, 2.45) is 5.73 Å². The Hall–Kier alpha value is -0.450. The molecular formula is C13H18ClFN2S. The van der Waals surface area contributed by atoms with Crippen LogP contribution in [-0.2, 0) is 0 Å². The average molecular weight is 289 g/mol. The maximum atomic E-state index is 13.3. The highest BCUT2D eigenvalue weighted by Crippen LogP contribution is 2.36. The van der Waals surface area contributed by atoms with E-state index in [1.54, 1.807) is 6.07 Å². The predicted molar refractivity (Wildman–Crippen MR) is 78.0 cm³/mol. The van der Waals surface area contributed by atoms with Gasteiger partial charge in [0.2, 0.25) is 0 Å². The van der Waals surface area contributed by atoms with E-state index in [1.165, 1.54) is 12.1 Å². The van der Waals surface area contributed by atoms with Crippen LogP contribution >= 0.6 is 23.4 Å². The largest absolute Gasteiger partial charge is 0.377 e. The molecule has 1 aromatic rings. The smallest absolute Gasteiger partial charge is 0.126 e. The topological polar surface area (TPSA) is 38.0 Å². The highest BCUT2D eigenvalue weighted by Gasteiger charge is 2.37. The third-order valence-corrected chi connectivity index (χ3v) is 5.23. The van der Waals surface area contributed by atoms with Crippen LogP contribution in [0.1, 0.15) is 19.8 Å². The van der Waals surface area contributed by atoms with Gasteiger partial charge in [-0.3, -0.25) is 0 Å². The number of rotatable bonds is 3. The van der Waals surface area contributed by atoms with E-state index in [1.807, 2.05) is 11.8 Å². The van der Waals surface area contributed by atoms with Crippen molar-refractivity contribution in [1.82, 2.24) is 0 Å². The molecule has 0 saturated carbocycles. The summed E-state index contributed by atoms with van der Waals surface area (Å²) in [5.41, 5.74) is 6.49. The molecule has 0 spiro atoms. The van der Waals surface area contributed by atoms with Crippen LogP contribution in [0.5, 0.6) is 0 Å². The van der Waals surface area contributed by atoms with Crippen LogP contribution < -0.4 is 11.1 Å². The van der Waals surface area contributed by atoms with Crippen molar-refractivity contribution < 1.29 is 4.39 Å². The van der Waals surface area contributed by atoms with Crippen molar-refractivity contribution in [3.63, 3.8) is 0 Å². The molecule has 0 radical (unpaired) electrons. The van der Waals surface area contributed by atoms with Gasteiger partial charge in [-0.25, -0.2) is 4.39 Å². The Morgan fingerprint density at radius 2 is 2.33 bits per heavy atom. The fraction of sp³-hybridized carbons (Fsp3) is 0.538. The van der Waals surface area contributed by atoms with E-state index in [0.29, 0.717) is 22.5 Å². The summed E-state index contributed by atoms with van der Waals surface area (Å²) in [6.07, 6.45) is 2.13. The van der Waals surface area contributed by atoms with E-state index in [4.69, 9.17) is 17.3 Å². The Morgan fingerprint density at radius 1 is 1.56 bits per heavy atom. The molecule has 2 unspecified atom stereocenters. The number of halogens is 2. The lowest BCUT2D eigenvalue weighted by Gasteiger charge is -2.43. The normalized spacial score (nSPS) is 28.1. The van der Waals surface area contributed by atoms with Crippen molar-refractivity contribution in [2.45, 2.75) is 30.6 Å². The zero-order valence-electron chi connectivity index (χ0n) is 10.4. The van der Waals surface area contributed by atoms with Crippen LogP contribution in [0.15, 0.2) is 18.2 Å². The minimum absolute atomic E-state index is 0.167. The number of anilines is 1. The lowest BCUT2D eigenvalue weighted by atomic mass is 9.89. The van der Waals surface area contributed by atoms with Crippen LogP contribution in [0.25, 0.3) is 0 Å². The first kappa shape index (κ1) is 14.0. The fourth-order valence-electron chi connectivity index (χ4n) is 2.41. The molecule has 1 fully saturated rings. The van der Waals surface area contributed by atoms with Gasteiger partial charge in [0, 0.05) is 22.5 Å². The monoisotopic (exact) mass is 288 g/mol. The minimum Gasteiger partial charge on any atom is -0.377 e. The molecule has 1 aliphatic heterocycles. The third-order valence-electron chi connectivity index (χ3n) is 3.53. The molecule has 1 saturated heterocycles. The van der Waals surface area contributed by atoms with Crippen molar-refractivity contribution in [3.05, 3.63) is 29.0 Å². The molecule has 100 valence electrons. The van der Waals surface area contributed by atoms with Gasteiger partial charge in [0.05, 0.1) is 5.54 Å². The van der Waals surface area contributed by atoms with E-state index in [9.17, 15) is 4.39 Å². The molecule has 0 aromatic heterocycles. The second-order valence-corrected chi connectivity index (χ2v) is 6.65. The highest BCUT2D eigenvalue weighted by atomic mass is 35.5. The molecule has 18 heavy (non-hydrogen) atoms. The van der Waals surface area contributed by atoms with E-state index < -0.39 is 0 Å². The summed E-state index contributed by atoms with van der Waals surface area (Å²) in [6.45, 7) is 2.71. The quantitative estimate of drug-likeness (QED) is 0.894. The zero-order chi connectivity index (χ0) is 13.2. The number of hydrogen-bond donors (Lipinski definition) is 2. The number of thioether (sulfide) groups is 1. The van der Waals surface area contributed by atoms with Crippen LogP contribution in [0.2, 0.25) is 5.02 Å². The Bertz CT molecular complexity index is 409. The van der Waals surface area contributed by atoms with Gasteiger partial charge in [-0.2, -0.15) is 11.8 Å². The maximum absolute atomic E-state index is 13.3. The Morgan fingerprint density at radius 3 is 2.94 bits per heavy atom. The number of hydrogen-bond acceptors (Lipinski definition) is 3. The standard InChI is InChI=1S/C13H18ClFN2S/c1-9-13(8-16,3-2-4-18-9)17-12-6-10(14)5-11(15)7-12/h5-7,9,17H,2-4,8,16H2,1H3. The van der Waals surface area contributed by atoms with Gasteiger partial charge in [-0.15, -0.1) is 0 Å². The average Bonchev–Trinajstić information content (AvgIpc) is 2.31. The molecule has 2 nitrogen and oxygen atoms in total. The summed E-state index contributed by atoms with van der Waals surface area (Å²) in [5, 5.41) is 4.21. The first-order chi connectivity index (χ1) is 8.55. The van der Waals surface area contributed by atoms with Gasteiger partial charge in [0.15, 0.2) is 0 Å². The Balaban J connectivity index is 2.23. The van der Waals surface area contributed by atoms with Gasteiger partial charge in [-0.1, -0.05) is 18.5 Å². The van der Waals surface area contributed by atoms with Crippen LogP contribution in [0.3, 0.4) is 0 Å². The van der Waals surface area contributed by atoms with E-state index in [0.717, 1.165) is 18.6 Å². The first-order valence-electron chi connectivity index (χ1n) is 6.12. The first-order valence-corrected chi connectivity index (χ1v) is 7.54. The SMILES string of the molecule is CC1SCCCC1(CN)Nc1cc(F)cc(Cl)c1. The van der Waals surface area contributed by atoms with Crippen molar-refractivity contribution in [1.29, 1.82) is 0 Å². The zero-order valence-corrected chi connectivity index (χ0v) is 12.0. The summed E-state index contributed by atoms with van der Waals surface area (Å²) >= 11 is 7.78. The molecule has 1 aromatic carbocycles. The molecule has 0 amide bonds. The third kappa shape index (κ3) is 2.92. The number of benzene rings is 1. The molecule has 0 aliphatic carbocycles. The predicted octanol–water partition coefficient (Wildman–Crippen LogP) is 3.50. The van der Waals surface area contributed by atoms with Crippen LogP contribution in [-0.4, -0.2) is 23.1 Å². The minimum atomic E-state index is -0.326. The second kappa shape index (κ2) is 5.68. The number of nitrogens with one attached hydrogen (secondary N) is 1. The second-order valence-electron chi connectivity index (χ2n) is 4.76. The molecule has 3 N–H and O–H groups in total. The van der Waals surface area contributed by atoms with Gasteiger partial charge in [-0.05, 0) is 36.8 Å². The van der Waals surface area contributed by atoms with Gasteiger partial charge in [0.1, 0.15) is 5.82 Å². The van der Waals surface area contributed by atoms with Gasteiger partial charge in [0.25, 0.3) is 0 Å². The van der Waals surface area contributed by atoms with Gasteiger partial charge >= 0.3 is 0 Å². The Labute approximate surface area is 116 Å². The van der Waals surface area contributed by atoms with Crippen molar-refractivity contribution >= 4 is 29.1 Å². The molecule has 2 rings (SSSR count). The summed E-state index contributed by atoms with van der Waals surface area (Å²) in [5.74, 6) is 0.836.